The highest BCUT2D eigenvalue weighted by Gasteiger charge is 2.09. The Morgan fingerprint density at radius 1 is 0.889 bits per heavy atom. The molecule has 0 amide bonds. The number of hydrogen-bond acceptors (Lipinski definition) is 2. The molecule has 3 aromatic carbocycles. The van der Waals surface area contributed by atoms with E-state index in [1.54, 1.807) is 24.3 Å². The van der Waals surface area contributed by atoms with Crippen LogP contribution in [0, 0.1) is 0 Å². The number of halogens is 3. The Bertz CT molecular complexity index is 942. The summed E-state index contributed by atoms with van der Waals surface area (Å²) in [6.45, 7) is 0.464. The van der Waals surface area contributed by atoms with Gasteiger partial charge in [0.15, 0.2) is 5.78 Å². The summed E-state index contributed by atoms with van der Waals surface area (Å²) in [6, 6.07) is 21.1. The SMILES string of the molecule is O=C(/C=C/c1cc(Br)c(OCc2ccc(Br)cc2)c(Br)c1)c1ccccc1. The van der Waals surface area contributed by atoms with Crippen LogP contribution in [0.4, 0.5) is 0 Å². The van der Waals surface area contributed by atoms with E-state index >= 15 is 0 Å². The van der Waals surface area contributed by atoms with E-state index < -0.39 is 0 Å². The topological polar surface area (TPSA) is 26.3 Å². The third kappa shape index (κ3) is 5.64. The van der Waals surface area contributed by atoms with Crippen LogP contribution in [0.3, 0.4) is 0 Å². The van der Waals surface area contributed by atoms with Crippen LogP contribution in [0.5, 0.6) is 5.75 Å². The summed E-state index contributed by atoms with van der Waals surface area (Å²) in [5.74, 6) is 0.697. The number of allylic oxidation sites excluding steroid dienone is 1. The smallest absolute Gasteiger partial charge is 0.185 e. The highest BCUT2D eigenvalue weighted by atomic mass is 79.9. The Morgan fingerprint density at radius 3 is 2.15 bits per heavy atom. The van der Waals surface area contributed by atoms with Crippen LogP contribution in [0.1, 0.15) is 21.5 Å². The minimum Gasteiger partial charge on any atom is -0.487 e. The first-order chi connectivity index (χ1) is 13.0. The fraction of sp³-hybridized carbons (Fsp3) is 0.0455. The van der Waals surface area contributed by atoms with Crippen molar-refractivity contribution in [3.8, 4) is 5.75 Å². The molecule has 0 saturated heterocycles. The number of benzene rings is 3. The highest BCUT2D eigenvalue weighted by Crippen LogP contribution is 2.35. The largest absolute Gasteiger partial charge is 0.487 e. The molecule has 27 heavy (non-hydrogen) atoms. The zero-order valence-electron chi connectivity index (χ0n) is 14.2. The van der Waals surface area contributed by atoms with E-state index in [0.29, 0.717) is 12.2 Å². The van der Waals surface area contributed by atoms with Crippen molar-refractivity contribution in [1.29, 1.82) is 0 Å². The number of hydrogen-bond donors (Lipinski definition) is 0. The van der Waals surface area contributed by atoms with Gasteiger partial charge in [0.05, 0.1) is 8.95 Å². The molecule has 2 nitrogen and oxygen atoms in total. The van der Waals surface area contributed by atoms with Gasteiger partial charge in [0.1, 0.15) is 12.4 Å². The third-order valence-electron chi connectivity index (χ3n) is 3.80. The molecule has 0 spiro atoms. The molecule has 0 bridgehead atoms. The predicted octanol–water partition coefficient (Wildman–Crippen LogP) is 7.45. The maximum Gasteiger partial charge on any atom is 0.185 e. The summed E-state index contributed by atoms with van der Waals surface area (Å²) in [4.78, 5) is 12.2. The van der Waals surface area contributed by atoms with Gasteiger partial charge in [-0.1, -0.05) is 64.5 Å². The first-order valence-electron chi connectivity index (χ1n) is 8.16. The van der Waals surface area contributed by atoms with Gasteiger partial charge in [-0.15, -0.1) is 0 Å². The van der Waals surface area contributed by atoms with Crippen LogP contribution in [0.15, 0.2) is 86.2 Å². The van der Waals surface area contributed by atoms with E-state index in [1.807, 2.05) is 54.6 Å². The van der Waals surface area contributed by atoms with Crippen LogP contribution in [-0.4, -0.2) is 5.78 Å². The van der Waals surface area contributed by atoms with Crippen LogP contribution in [-0.2, 0) is 6.61 Å². The lowest BCUT2D eigenvalue weighted by Gasteiger charge is -2.11. The van der Waals surface area contributed by atoms with Crippen molar-refractivity contribution < 1.29 is 9.53 Å². The van der Waals surface area contributed by atoms with Crippen LogP contribution in [0.2, 0.25) is 0 Å². The van der Waals surface area contributed by atoms with Crippen molar-refractivity contribution in [2.75, 3.05) is 0 Å². The molecule has 0 radical (unpaired) electrons. The van der Waals surface area contributed by atoms with Crippen molar-refractivity contribution in [2.24, 2.45) is 0 Å². The molecule has 0 fully saturated rings. The summed E-state index contributed by atoms with van der Waals surface area (Å²) >= 11 is 10.5. The van der Waals surface area contributed by atoms with Gasteiger partial charge in [-0.05, 0) is 73.3 Å². The van der Waals surface area contributed by atoms with Crippen molar-refractivity contribution in [1.82, 2.24) is 0 Å². The number of carbonyl (C=O) groups is 1. The predicted molar refractivity (Wildman–Crippen MR) is 120 cm³/mol. The third-order valence-corrected chi connectivity index (χ3v) is 5.51. The lowest BCUT2D eigenvalue weighted by Crippen LogP contribution is -1.97. The molecule has 136 valence electrons. The number of rotatable bonds is 6. The van der Waals surface area contributed by atoms with Gasteiger partial charge >= 0.3 is 0 Å². The van der Waals surface area contributed by atoms with E-state index in [0.717, 1.165) is 30.3 Å². The fourth-order valence-corrected chi connectivity index (χ4v) is 4.14. The quantitative estimate of drug-likeness (QED) is 0.235. The van der Waals surface area contributed by atoms with Gasteiger partial charge in [-0.2, -0.15) is 0 Å². The Hall–Kier alpha value is -1.69. The Labute approximate surface area is 183 Å². The molecule has 0 unspecified atom stereocenters. The molecule has 0 aliphatic heterocycles. The van der Waals surface area contributed by atoms with Crippen molar-refractivity contribution in [3.05, 3.63) is 103 Å². The lowest BCUT2D eigenvalue weighted by molar-refractivity contribution is 0.104. The average molecular weight is 551 g/mol. The van der Waals surface area contributed by atoms with Gasteiger partial charge in [-0.3, -0.25) is 4.79 Å². The zero-order chi connectivity index (χ0) is 19.2. The molecule has 0 N–H and O–H groups in total. The summed E-state index contributed by atoms with van der Waals surface area (Å²) in [5.41, 5.74) is 2.64. The normalized spacial score (nSPS) is 10.9. The van der Waals surface area contributed by atoms with Crippen LogP contribution < -0.4 is 4.74 Å². The molecular formula is C22H15Br3O2. The number of ether oxygens (including phenoxy) is 1. The van der Waals surface area contributed by atoms with E-state index in [4.69, 9.17) is 4.74 Å². The second-order valence-electron chi connectivity index (χ2n) is 5.79. The van der Waals surface area contributed by atoms with Gasteiger partial charge in [0, 0.05) is 10.0 Å². The van der Waals surface area contributed by atoms with Crippen molar-refractivity contribution in [3.63, 3.8) is 0 Å². The molecule has 0 aromatic heterocycles. The van der Waals surface area contributed by atoms with E-state index in [-0.39, 0.29) is 5.78 Å². The number of carbonyl (C=O) groups excluding carboxylic acids is 1. The first-order valence-corrected chi connectivity index (χ1v) is 10.5. The Morgan fingerprint density at radius 2 is 1.52 bits per heavy atom. The van der Waals surface area contributed by atoms with E-state index in [1.165, 1.54) is 0 Å². The standard InChI is InChI=1S/C22H15Br3O2/c23-18-9-6-15(7-10-18)14-27-22-19(24)12-16(13-20(22)25)8-11-21(26)17-4-2-1-3-5-17/h1-13H,14H2/b11-8+. The molecule has 0 aliphatic rings. The molecule has 3 rings (SSSR count). The van der Waals surface area contributed by atoms with Crippen LogP contribution in [0.25, 0.3) is 6.08 Å². The number of ketones is 1. The molecule has 3 aromatic rings. The van der Waals surface area contributed by atoms with Crippen molar-refractivity contribution in [2.45, 2.75) is 6.61 Å². The molecule has 5 heteroatoms. The average Bonchev–Trinajstić information content (AvgIpc) is 2.67. The second kappa shape index (κ2) is 9.49. The lowest BCUT2D eigenvalue weighted by atomic mass is 10.1. The van der Waals surface area contributed by atoms with Gasteiger partial charge < -0.3 is 4.74 Å². The minimum absolute atomic E-state index is 0.0293. The second-order valence-corrected chi connectivity index (χ2v) is 8.42. The van der Waals surface area contributed by atoms with Crippen molar-refractivity contribution >= 4 is 59.6 Å². The maximum absolute atomic E-state index is 12.2. The molecule has 0 atom stereocenters. The summed E-state index contributed by atoms with van der Waals surface area (Å²) in [7, 11) is 0. The fourth-order valence-electron chi connectivity index (χ4n) is 2.42. The summed E-state index contributed by atoms with van der Waals surface area (Å²) in [6.07, 6.45) is 3.37. The molecular weight excluding hydrogens is 536 g/mol. The highest BCUT2D eigenvalue weighted by molar-refractivity contribution is 9.11. The monoisotopic (exact) mass is 548 g/mol. The minimum atomic E-state index is -0.0293. The first kappa shape index (κ1) is 20.1. The Kier molecular flexibility index (Phi) is 7.05. The molecule has 0 heterocycles. The van der Waals surface area contributed by atoms with Crippen LogP contribution >= 0.6 is 47.8 Å². The maximum atomic E-state index is 12.2. The van der Waals surface area contributed by atoms with Gasteiger partial charge in [0.2, 0.25) is 0 Å². The van der Waals surface area contributed by atoms with E-state index in [2.05, 4.69) is 47.8 Å². The Balaban J connectivity index is 1.71. The van der Waals surface area contributed by atoms with Gasteiger partial charge in [0.25, 0.3) is 0 Å². The summed E-state index contributed by atoms with van der Waals surface area (Å²) < 4.78 is 8.62. The molecule has 0 aliphatic carbocycles. The van der Waals surface area contributed by atoms with Gasteiger partial charge in [-0.25, -0.2) is 0 Å². The molecule has 0 saturated carbocycles. The van der Waals surface area contributed by atoms with E-state index in [9.17, 15) is 4.79 Å². The summed E-state index contributed by atoms with van der Waals surface area (Å²) in [5, 5.41) is 0. The zero-order valence-corrected chi connectivity index (χ0v) is 18.9.